The lowest BCUT2D eigenvalue weighted by atomic mass is 10.0. The number of carbonyl (C=O) groups excluding carboxylic acids is 1. The summed E-state index contributed by atoms with van der Waals surface area (Å²) in [6.45, 7) is 6.66. The average Bonchev–Trinajstić information content (AvgIpc) is 3.05. The van der Waals surface area contributed by atoms with Gasteiger partial charge in [0, 0.05) is 19.6 Å². The fourth-order valence-electron chi connectivity index (χ4n) is 2.33. The monoisotopic (exact) mass is 387 g/mol. The highest BCUT2D eigenvalue weighted by atomic mass is 35.5. The van der Waals surface area contributed by atoms with Gasteiger partial charge in [0.2, 0.25) is 0 Å². The van der Waals surface area contributed by atoms with Crippen LogP contribution >= 0.6 is 24.8 Å². The van der Waals surface area contributed by atoms with E-state index in [4.69, 9.17) is 10.2 Å². The van der Waals surface area contributed by atoms with Crippen molar-refractivity contribution in [3.05, 3.63) is 41.8 Å². The summed E-state index contributed by atoms with van der Waals surface area (Å²) in [6, 6.07) is 7.39. The second-order valence-electron chi connectivity index (χ2n) is 6.23. The molecule has 0 aliphatic heterocycles. The maximum atomic E-state index is 12.6. The van der Waals surface area contributed by atoms with E-state index < -0.39 is 0 Å². The molecule has 0 fully saturated rings. The van der Waals surface area contributed by atoms with Gasteiger partial charge in [0.05, 0.1) is 17.5 Å². The Balaban J connectivity index is 0.00000288. The summed E-state index contributed by atoms with van der Waals surface area (Å²) < 4.78 is 5.34. The number of pyridine rings is 1. The summed E-state index contributed by atoms with van der Waals surface area (Å²) >= 11 is 0. The fourth-order valence-corrected chi connectivity index (χ4v) is 2.33. The Bertz CT molecular complexity index is 660. The number of nitrogens with two attached hydrogens (primary N) is 1. The molecule has 0 radical (unpaired) electrons. The van der Waals surface area contributed by atoms with Gasteiger partial charge in [-0.2, -0.15) is 0 Å². The Morgan fingerprint density at radius 2 is 1.96 bits per heavy atom. The highest BCUT2D eigenvalue weighted by Crippen LogP contribution is 2.20. The molecule has 140 valence electrons. The fraction of sp³-hybridized carbons (Fsp3) is 0.444. The molecule has 7 heteroatoms. The molecule has 2 N–H and O–H groups in total. The molecule has 2 aromatic rings. The second-order valence-corrected chi connectivity index (χ2v) is 6.23. The van der Waals surface area contributed by atoms with Gasteiger partial charge in [0.25, 0.3) is 5.91 Å². The molecule has 0 aliphatic carbocycles. The number of hydrogen-bond donors (Lipinski definition) is 1. The van der Waals surface area contributed by atoms with Crippen LogP contribution in [0, 0.1) is 12.8 Å². The van der Waals surface area contributed by atoms with Crippen LogP contribution in [0.5, 0.6) is 0 Å². The smallest absolute Gasteiger partial charge is 0.255 e. The Morgan fingerprint density at radius 3 is 2.48 bits per heavy atom. The normalized spacial score (nSPS) is 11.4. The molecule has 2 rings (SSSR count). The van der Waals surface area contributed by atoms with Crippen molar-refractivity contribution in [2.24, 2.45) is 11.7 Å². The van der Waals surface area contributed by atoms with Crippen LogP contribution in [0.15, 0.2) is 34.9 Å². The molecule has 0 spiro atoms. The second kappa shape index (κ2) is 10.4. The predicted octanol–water partition coefficient (Wildman–Crippen LogP) is 3.94. The van der Waals surface area contributed by atoms with E-state index >= 15 is 0 Å². The molecule has 0 aromatic carbocycles. The van der Waals surface area contributed by atoms with Gasteiger partial charge in [0.15, 0.2) is 5.76 Å². The predicted molar refractivity (Wildman–Crippen MR) is 106 cm³/mol. The number of nitrogens with zero attached hydrogens (tertiary/aromatic N) is 2. The zero-order chi connectivity index (χ0) is 17.0. The first kappa shape index (κ1) is 23.4. The Labute approximate surface area is 161 Å². The maximum absolute atomic E-state index is 12.6. The van der Waals surface area contributed by atoms with E-state index in [0.29, 0.717) is 29.5 Å². The standard InChI is InChI=1S/C18H25N3O2.2ClH/c1-12(2)15(19)9-10-21(4)18(22)14-7-8-16(20-13(14)3)17-6-5-11-23-17;;/h5-8,11-12,15H,9-10,19H2,1-4H3;2*1H. The minimum atomic E-state index is -0.0306. The number of halogens is 2. The highest BCUT2D eigenvalue weighted by Gasteiger charge is 2.17. The summed E-state index contributed by atoms with van der Waals surface area (Å²) in [5.41, 5.74) is 8.09. The molecule has 2 aromatic heterocycles. The molecule has 1 amide bonds. The molecule has 25 heavy (non-hydrogen) atoms. The lowest BCUT2D eigenvalue weighted by molar-refractivity contribution is 0.0788. The van der Waals surface area contributed by atoms with Gasteiger partial charge in [-0.1, -0.05) is 13.8 Å². The third-order valence-electron chi connectivity index (χ3n) is 4.09. The van der Waals surface area contributed by atoms with Crippen molar-refractivity contribution in [1.29, 1.82) is 0 Å². The molecular weight excluding hydrogens is 361 g/mol. The van der Waals surface area contributed by atoms with Crippen molar-refractivity contribution in [2.45, 2.75) is 33.2 Å². The average molecular weight is 388 g/mol. The van der Waals surface area contributed by atoms with Crippen molar-refractivity contribution in [1.82, 2.24) is 9.88 Å². The van der Waals surface area contributed by atoms with Gasteiger partial charge >= 0.3 is 0 Å². The van der Waals surface area contributed by atoms with Gasteiger partial charge in [-0.25, -0.2) is 4.98 Å². The van der Waals surface area contributed by atoms with Crippen LogP contribution < -0.4 is 5.73 Å². The van der Waals surface area contributed by atoms with Crippen LogP contribution in [-0.2, 0) is 0 Å². The minimum absolute atomic E-state index is 0. The van der Waals surface area contributed by atoms with Crippen LogP contribution in [0.2, 0.25) is 0 Å². The first-order valence-corrected chi connectivity index (χ1v) is 7.92. The van der Waals surface area contributed by atoms with E-state index in [-0.39, 0.29) is 36.8 Å². The van der Waals surface area contributed by atoms with Crippen molar-refractivity contribution in [2.75, 3.05) is 13.6 Å². The van der Waals surface area contributed by atoms with Crippen LogP contribution in [0.3, 0.4) is 0 Å². The SMILES string of the molecule is Cc1nc(-c2ccco2)ccc1C(=O)N(C)CCC(N)C(C)C.Cl.Cl. The molecule has 1 atom stereocenters. The number of hydrogen-bond acceptors (Lipinski definition) is 4. The van der Waals surface area contributed by atoms with Gasteiger partial charge < -0.3 is 15.1 Å². The third-order valence-corrected chi connectivity index (χ3v) is 4.09. The summed E-state index contributed by atoms with van der Waals surface area (Å²) in [5, 5.41) is 0. The maximum Gasteiger partial charge on any atom is 0.255 e. The molecule has 0 bridgehead atoms. The lowest BCUT2D eigenvalue weighted by Gasteiger charge is -2.22. The lowest BCUT2D eigenvalue weighted by Crippen LogP contribution is -2.35. The van der Waals surface area contributed by atoms with E-state index in [1.165, 1.54) is 0 Å². The Hall–Kier alpha value is -1.56. The Morgan fingerprint density at radius 1 is 1.28 bits per heavy atom. The molecule has 2 heterocycles. The number of carbonyl (C=O) groups is 1. The molecule has 1 unspecified atom stereocenters. The zero-order valence-corrected chi connectivity index (χ0v) is 16.7. The first-order chi connectivity index (χ1) is 10.9. The third kappa shape index (κ3) is 6.03. The van der Waals surface area contributed by atoms with Gasteiger partial charge in [-0.05, 0) is 43.5 Å². The van der Waals surface area contributed by atoms with Crippen molar-refractivity contribution in [3.8, 4) is 11.5 Å². The van der Waals surface area contributed by atoms with Gasteiger partial charge in [0.1, 0.15) is 5.69 Å². The number of aromatic nitrogens is 1. The number of rotatable bonds is 6. The topological polar surface area (TPSA) is 72.4 Å². The number of amides is 1. The summed E-state index contributed by atoms with van der Waals surface area (Å²) in [5.74, 6) is 1.08. The summed E-state index contributed by atoms with van der Waals surface area (Å²) in [6.07, 6.45) is 2.40. The first-order valence-electron chi connectivity index (χ1n) is 7.92. The molecular formula is C18H27Cl2N3O2. The van der Waals surface area contributed by atoms with E-state index in [1.54, 1.807) is 24.3 Å². The highest BCUT2D eigenvalue weighted by molar-refractivity contribution is 5.95. The Kier molecular flexibility index (Phi) is 9.78. The number of aryl methyl sites for hydroxylation is 1. The van der Waals surface area contributed by atoms with Crippen LogP contribution in [0.4, 0.5) is 0 Å². The minimum Gasteiger partial charge on any atom is -0.463 e. The van der Waals surface area contributed by atoms with E-state index in [0.717, 1.165) is 12.1 Å². The number of furan rings is 1. The van der Waals surface area contributed by atoms with Crippen LogP contribution in [0.1, 0.15) is 36.3 Å². The molecule has 0 aliphatic rings. The molecule has 0 saturated heterocycles. The molecule has 5 nitrogen and oxygen atoms in total. The van der Waals surface area contributed by atoms with Crippen molar-refractivity contribution in [3.63, 3.8) is 0 Å². The van der Waals surface area contributed by atoms with Gasteiger partial charge in [-0.15, -0.1) is 24.8 Å². The van der Waals surface area contributed by atoms with E-state index in [1.807, 2.05) is 25.1 Å². The largest absolute Gasteiger partial charge is 0.463 e. The zero-order valence-electron chi connectivity index (χ0n) is 15.1. The van der Waals surface area contributed by atoms with Crippen molar-refractivity contribution >= 4 is 30.7 Å². The van der Waals surface area contributed by atoms with Crippen LogP contribution in [0.25, 0.3) is 11.5 Å². The quantitative estimate of drug-likeness (QED) is 0.814. The summed E-state index contributed by atoms with van der Waals surface area (Å²) in [7, 11) is 1.80. The van der Waals surface area contributed by atoms with Gasteiger partial charge in [-0.3, -0.25) is 4.79 Å². The molecule has 0 saturated carbocycles. The van der Waals surface area contributed by atoms with Crippen LogP contribution in [-0.4, -0.2) is 35.4 Å². The summed E-state index contributed by atoms with van der Waals surface area (Å²) in [4.78, 5) is 18.8. The van der Waals surface area contributed by atoms with E-state index in [2.05, 4.69) is 18.8 Å². The van der Waals surface area contributed by atoms with Crippen molar-refractivity contribution < 1.29 is 9.21 Å². The van der Waals surface area contributed by atoms with E-state index in [9.17, 15) is 4.79 Å².